The minimum atomic E-state index is -0.715. The standard InChI is InChI=1S/C6H4Cl2N2O2/c7-4-2-1-3-5(8)6(4)9-10(11)12/h1-3,9H. The SMILES string of the molecule is O=[N+]([O-])Nc1c(Cl)cccc1Cl. The molecule has 0 radical (unpaired) electrons. The van der Waals surface area contributed by atoms with Gasteiger partial charge in [0.2, 0.25) is 0 Å². The Bertz CT molecular complexity index is 296. The van der Waals surface area contributed by atoms with Crippen molar-refractivity contribution in [2.75, 3.05) is 5.43 Å². The lowest BCUT2D eigenvalue weighted by molar-refractivity contribution is -0.445. The van der Waals surface area contributed by atoms with Gasteiger partial charge >= 0.3 is 0 Å². The van der Waals surface area contributed by atoms with Gasteiger partial charge < -0.3 is 0 Å². The van der Waals surface area contributed by atoms with Crippen LogP contribution >= 0.6 is 23.2 Å². The van der Waals surface area contributed by atoms with Crippen LogP contribution in [0.3, 0.4) is 0 Å². The Labute approximate surface area is 78.2 Å². The summed E-state index contributed by atoms with van der Waals surface area (Å²) in [7, 11) is 0. The molecular weight excluding hydrogens is 203 g/mol. The van der Waals surface area contributed by atoms with Gasteiger partial charge in [-0.25, -0.2) is 10.1 Å². The summed E-state index contributed by atoms with van der Waals surface area (Å²) in [5, 5.41) is 9.78. The number of nitrogens with one attached hydrogen (secondary N) is 1. The molecule has 0 heterocycles. The molecule has 0 saturated heterocycles. The fourth-order valence-corrected chi connectivity index (χ4v) is 1.18. The lowest BCUT2D eigenvalue weighted by Gasteiger charge is -2.01. The molecule has 12 heavy (non-hydrogen) atoms. The number of anilines is 1. The average Bonchev–Trinajstić information content (AvgIpc) is 1.97. The highest BCUT2D eigenvalue weighted by Crippen LogP contribution is 2.29. The van der Waals surface area contributed by atoms with Gasteiger partial charge in [0, 0.05) is 0 Å². The number of para-hydroxylation sites is 1. The molecule has 0 aromatic heterocycles. The van der Waals surface area contributed by atoms with Crippen LogP contribution in [0.25, 0.3) is 0 Å². The van der Waals surface area contributed by atoms with Crippen molar-refractivity contribution in [1.82, 2.24) is 0 Å². The minimum Gasteiger partial charge on any atom is -0.235 e. The Morgan fingerprint density at radius 2 is 1.83 bits per heavy atom. The molecule has 1 aromatic rings. The summed E-state index contributed by atoms with van der Waals surface area (Å²) in [6, 6.07) is 4.63. The summed E-state index contributed by atoms with van der Waals surface area (Å²) >= 11 is 11.2. The van der Waals surface area contributed by atoms with Crippen LogP contribution in [0.15, 0.2) is 18.2 Å². The maximum Gasteiger partial charge on any atom is 0.162 e. The highest BCUT2D eigenvalue weighted by Gasteiger charge is 2.08. The van der Waals surface area contributed by atoms with E-state index in [1.165, 1.54) is 12.1 Å². The van der Waals surface area contributed by atoms with Gasteiger partial charge in [-0.1, -0.05) is 29.3 Å². The van der Waals surface area contributed by atoms with E-state index in [4.69, 9.17) is 23.2 Å². The number of benzene rings is 1. The van der Waals surface area contributed by atoms with Gasteiger partial charge in [-0.15, -0.1) is 5.43 Å². The molecule has 1 rings (SSSR count). The van der Waals surface area contributed by atoms with Gasteiger partial charge in [0.1, 0.15) is 5.69 Å². The van der Waals surface area contributed by atoms with Gasteiger partial charge in [0.15, 0.2) is 5.03 Å². The fourth-order valence-electron chi connectivity index (χ4n) is 0.696. The largest absolute Gasteiger partial charge is 0.235 e. The first-order chi connectivity index (χ1) is 5.61. The van der Waals surface area contributed by atoms with E-state index in [0.29, 0.717) is 0 Å². The quantitative estimate of drug-likeness (QED) is 0.598. The Hall–Kier alpha value is -1.00. The van der Waals surface area contributed by atoms with E-state index in [0.717, 1.165) is 0 Å². The van der Waals surface area contributed by atoms with E-state index in [1.807, 2.05) is 5.43 Å². The summed E-state index contributed by atoms with van der Waals surface area (Å²) < 4.78 is 0. The monoisotopic (exact) mass is 206 g/mol. The molecular formula is C6H4Cl2N2O2. The number of nitrogens with zero attached hydrogens (tertiary/aromatic N) is 1. The topological polar surface area (TPSA) is 55.2 Å². The van der Waals surface area contributed by atoms with Crippen molar-refractivity contribution in [2.45, 2.75) is 0 Å². The van der Waals surface area contributed by atoms with Gasteiger partial charge in [-0.05, 0) is 12.1 Å². The maximum atomic E-state index is 10.1. The Kier molecular flexibility index (Phi) is 2.73. The predicted molar refractivity (Wildman–Crippen MR) is 47.1 cm³/mol. The highest BCUT2D eigenvalue weighted by molar-refractivity contribution is 6.38. The van der Waals surface area contributed by atoms with Crippen LogP contribution in [0.1, 0.15) is 0 Å². The van der Waals surface area contributed by atoms with Crippen LogP contribution in [0.4, 0.5) is 5.69 Å². The first-order valence-electron chi connectivity index (χ1n) is 2.96. The normalized spacial score (nSPS) is 9.50. The van der Waals surface area contributed by atoms with Crippen LogP contribution in [0.2, 0.25) is 10.0 Å². The van der Waals surface area contributed by atoms with E-state index in [1.54, 1.807) is 6.07 Å². The first-order valence-corrected chi connectivity index (χ1v) is 3.72. The molecule has 1 aromatic carbocycles. The molecule has 0 atom stereocenters. The van der Waals surface area contributed by atoms with E-state index >= 15 is 0 Å². The lowest BCUT2D eigenvalue weighted by Crippen LogP contribution is -2.08. The molecule has 6 heteroatoms. The maximum absolute atomic E-state index is 10.1. The number of rotatable bonds is 2. The smallest absolute Gasteiger partial charge is 0.162 e. The van der Waals surface area contributed by atoms with Crippen molar-refractivity contribution in [1.29, 1.82) is 0 Å². The number of hydrogen-bond acceptors (Lipinski definition) is 2. The Morgan fingerprint density at radius 1 is 1.33 bits per heavy atom. The summed E-state index contributed by atoms with van der Waals surface area (Å²) in [6.45, 7) is 0. The molecule has 0 bridgehead atoms. The number of hydrazine groups is 1. The van der Waals surface area contributed by atoms with Crippen LogP contribution in [0.5, 0.6) is 0 Å². The minimum absolute atomic E-state index is 0.117. The molecule has 0 aliphatic rings. The molecule has 0 aliphatic carbocycles. The van der Waals surface area contributed by atoms with Gasteiger partial charge in [-0.2, -0.15) is 0 Å². The van der Waals surface area contributed by atoms with Crippen LogP contribution in [0, 0.1) is 10.1 Å². The van der Waals surface area contributed by atoms with E-state index in [-0.39, 0.29) is 15.7 Å². The van der Waals surface area contributed by atoms with Crippen molar-refractivity contribution in [3.63, 3.8) is 0 Å². The van der Waals surface area contributed by atoms with Crippen molar-refractivity contribution < 1.29 is 5.03 Å². The van der Waals surface area contributed by atoms with Crippen molar-refractivity contribution in [3.8, 4) is 0 Å². The zero-order valence-corrected chi connectivity index (χ0v) is 7.26. The van der Waals surface area contributed by atoms with Crippen LogP contribution in [-0.2, 0) is 0 Å². The zero-order chi connectivity index (χ0) is 9.14. The molecule has 0 saturated carbocycles. The van der Waals surface area contributed by atoms with E-state index < -0.39 is 5.03 Å². The van der Waals surface area contributed by atoms with E-state index in [9.17, 15) is 10.1 Å². The molecule has 0 spiro atoms. The second kappa shape index (κ2) is 3.60. The highest BCUT2D eigenvalue weighted by atomic mass is 35.5. The Balaban J connectivity index is 3.04. The fraction of sp³-hybridized carbons (Fsp3) is 0. The second-order valence-electron chi connectivity index (χ2n) is 1.97. The van der Waals surface area contributed by atoms with Gasteiger partial charge in [-0.3, -0.25) is 0 Å². The van der Waals surface area contributed by atoms with Crippen LogP contribution < -0.4 is 5.43 Å². The summed E-state index contributed by atoms with van der Waals surface area (Å²) in [5.41, 5.74) is 2.02. The van der Waals surface area contributed by atoms with Crippen molar-refractivity contribution in [3.05, 3.63) is 38.4 Å². The number of nitro groups is 1. The van der Waals surface area contributed by atoms with Crippen molar-refractivity contribution >= 4 is 28.9 Å². The average molecular weight is 207 g/mol. The molecule has 0 unspecified atom stereocenters. The molecule has 0 aliphatic heterocycles. The molecule has 0 fully saturated rings. The summed E-state index contributed by atoms with van der Waals surface area (Å²) in [5.74, 6) is 0. The third-order valence-corrected chi connectivity index (χ3v) is 1.80. The predicted octanol–water partition coefficient (Wildman–Crippen LogP) is 2.60. The zero-order valence-electron chi connectivity index (χ0n) is 5.75. The number of hydrogen-bond donors (Lipinski definition) is 1. The first kappa shape index (κ1) is 9.09. The van der Waals surface area contributed by atoms with E-state index in [2.05, 4.69) is 0 Å². The molecule has 1 N–H and O–H groups in total. The molecule has 0 amide bonds. The van der Waals surface area contributed by atoms with Gasteiger partial charge in [0.05, 0.1) is 10.0 Å². The second-order valence-corrected chi connectivity index (χ2v) is 2.78. The third kappa shape index (κ3) is 1.99. The third-order valence-electron chi connectivity index (χ3n) is 1.17. The summed E-state index contributed by atoms with van der Waals surface area (Å²) in [6.07, 6.45) is 0. The molecule has 64 valence electrons. The van der Waals surface area contributed by atoms with Gasteiger partial charge in [0.25, 0.3) is 0 Å². The lowest BCUT2D eigenvalue weighted by atomic mass is 10.3. The Morgan fingerprint density at radius 3 is 2.25 bits per heavy atom. The number of halogens is 2. The molecule has 4 nitrogen and oxygen atoms in total. The summed E-state index contributed by atoms with van der Waals surface area (Å²) in [4.78, 5) is 10.1. The van der Waals surface area contributed by atoms with Crippen molar-refractivity contribution in [2.24, 2.45) is 0 Å². The van der Waals surface area contributed by atoms with Crippen LogP contribution in [-0.4, -0.2) is 5.03 Å².